The second-order valence-corrected chi connectivity index (χ2v) is 16.4. The molecule has 0 radical (unpaired) electrons. The number of likely N-dealkylation sites (tertiary alicyclic amines) is 2. The molecule has 12 heteroatoms. The zero-order chi connectivity index (χ0) is 42.9. The summed E-state index contributed by atoms with van der Waals surface area (Å²) >= 11 is 0. The number of amides is 2. The van der Waals surface area contributed by atoms with Crippen molar-refractivity contribution in [2.24, 2.45) is 11.8 Å². The first kappa shape index (κ1) is 44.2. The maximum atomic E-state index is 14.2. The topological polar surface area (TPSA) is 131 Å². The smallest absolute Gasteiger partial charge is 0.306 e. The number of methoxy groups -OCH3 is 2. The first-order valence-electron chi connectivity index (χ1n) is 21.5. The Kier molecular flexibility index (Phi) is 14.9. The summed E-state index contributed by atoms with van der Waals surface area (Å²) in [7, 11) is 2.61. The number of hydrogen-bond acceptors (Lipinski definition) is 9. The molecule has 0 bridgehead atoms. The van der Waals surface area contributed by atoms with Crippen molar-refractivity contribution in [1.29, 1.82) is 0 Å². The summed E-state index contributed by atoms with van der Waals surface area (Å²) in [6.45, 7) is 4.72. The fraction of sp³-hybridized carbons (Fsp3) is 0.500. The summed E-state index contributed by atoms with van der Waals surface area (Å²) in [6, 6.07) is 21.6. The number of anilines is 1. The molecule has 3 aliphatic rings. The van der Waals surface area contributed by atoms with Gasteiger partial charge in [-0.1, -0.05) is 62.4 Å². The number of esters is 2. The van der Waals surface area contributed by atoms with Crippen LogP contribution in [-0.2, 0) is 51.1 Å². The molecular formula is C48H58FN3O8. The Morgan fingerprint density at radius 2 is 1.00 bits per heavy atom. The van der Waals surface area contributed by atoms with Crippen molar-refractivity contribution in [2.75, 3.05) is 32.2 Å². The van der Waals surface area contributed by atoms with Gasteiger partial charge in [0.15, 0.2) is 11.6 Å². The lowest BCUT2D eigenvalue weighted by Gasteiger charge is -2.33. The zero-order valence-electron chi connectivity index (χ0n) is 35.3. The van der Waals surface area contributed by atoms with Crippen molar-refractivity contribution in [3.05, 3.63) is 101 Å². The van der Waals surface area contributed by atoms with Gasteiger partial charge in [0.2, 0.25) is 11.8 Å². The molecule has 3 heterocycles. The van der Waals surface area contributed by atoms with Gasteiger partial charge in [-0.2, -0.15) is 0 Å². The van der Waals surface area contributed by atoms with E-state index in [9.17, 15) is 33.2 Å². The molecule has 3 aromatic rings. The van der Waals surface area contributed by atoms with E-state index in [4.69, 9.17) is 9.47 Å². The minimum atomic E-state index is -0.516. The van der Waals surface area contributed by atoms with Gasteiger partial charge in [0.1, 0.15) is 5.82 Å². The van der Waals surface area contributed by atoms with Crippen molar-refractivity contribution in [2.45, 2.75) is 115 Å². The summed E-state index contributed by atoms with van der Waals surface area (Å²) in [6.07, 6.45) is 5.71. The minimum Gasteiger partial charge on any atom is -0.469 e. The lowest BCUT2D eigenvalue weighted by molar-refractivity contribution is -0.148. The van der Waals surface area contributed by atoms with Crippen LogP contribution in [0.4, 0.5) is 10.1 Å². The zero-order valence-corrected chi connectivity index (χ0v) is 35.3. The molecule has 60 heavy (non-hydrogen) atoms. The quantitative estimate of drug-likeness (QED) is 0.129. The van der Waals surface area contributed by atoms with Crippen LogP contribution >= 0.6 is 0 Å². The third-order valence-corrected chi connectivity index (χ3v) is 12.8. The van der Waals surface area contributed by atoms with Gasteiger partial charge in [-0.15, -0.1) is 0 Å². The predicted molar refractivity (Wildman–Crippen MR) is 224 cm³/mol. The second kappa shape index (κ2) is 20.2. The number of Topliss-reactive ketones (excluding diaryl/α,β-unsaturated/α-hetero) is 2. The summed E-state index contributed by atoms with van der Waals surface area (Å²) in [4.78, 5) is 83.5. The van der Waals surface area contributed by atoms with E-state index in [0.29, 0.717) is 38.8 Å². The molecule has 0 N–H and O–H groups in total. The Hall–Kier alpha value is -5.39. The van der Waals surface area contributed by atoms with E-state index < -0.39 is 35.9 Å². The number of ether oxygens (including phenoxy) is 2. The molecule has 0 spiro atoms. The van der Waals surface area contributed by atoms with Gasteiger partial charge < -0.3 is 24.2 Å². The van der Waals surface area contributed by atoms with E-state index in [1.807, 2.05) is 38.1 Å². The first-order valence-corrected chi connectivity index (χ1v) is 21.5. The minimum absolute atomic E-state index is 0.000329. The highest BCUT2D eigenvalue weighted by molar-refractivity contribution is 5.93. The number of halogens is 1. The van der Waals surface area contributed by atoms with Crippen molar-refractivity contribution < 1.29 is 42.6 Å². The average molecular weight is 824 g/mol. The Balaban J connectivity index is 1.13. The van der Waals surface area contributed by atoms with Crippen molar-refractivity contribution in [1.82, 2.24) is 9.80 Å². The molecule has 2 amide bonds. The number of carbonyl (C=O) groups is 6. The molecule has 11 nitrogen and oxygen atoms in total. The first-order chi connectivity index (χ1) is 29.0. The second-order valence-electron chi connectivity index (χ2n) is 16.4. The molecule has 0 aliphatic carbocycles. The predicted octanol–water partition coefficient (Wildman–Crippen LogP) is 7.29. The summed E-state index contributed by atoms with van der Waals surface area (Å²) in [5.41, 5.74) is 4.73. The molecule has 0 unspecified atom stereocenters. The number of rotatable bonds is 17. The summed E-state index contributed by atoms with van der Waals surface area (Å²) in [5, 5.41) is 0. The Bertz CT molecular complexity index is 1880. The molecule has 6 atom stereocenters. The summed E-state index contributed by atoms with van der Waals surface area (Å²) < 4.78 is 23.7. The molecule has 3 aromatic carbocycles. The van der Waals surface area contributed by atoms with Crippen LogP contribution in [0.5, 0.6) is 0 Å². The van der Waals surface area contributed by atoms with Crippen molar-refractivity contribution >= 4 is 41.0 Å². The van der Waals surface area contributed by atoms with Crippen LogP contribution in [-0.4, -0.2) is 84.5 Å². The van der Waals surface area contributed by atoms with E-state index in [1.54, 1.807) is 21.9 Å². The van der Waals surface area contributed by atoms with Crippen molar-refractivity contribution in [3.8, 4) is 0 Å². The van der Waals surface area contributed by atoms with E-state index in [2.05, 4.69) is 29.2 Å². The lowest BCUT2D eigenvalue weighted by Crippen LogP contribution is -2.44. The van der Waals surface area contributed by atoms with Crippen LogP contribution in [0.2, 0.25) is 0 Å². The third-order valence-electron chi connectivity index (χ3n) is 12.8. The van der Waals surface area contributed by atoms with Crippen LogP contribution in [0.25, 0.3) is 0 Å². The maximum Gasteiger partial charge on any atom is 0.306 e. The molecule has 3 fully saturated rings. The number of benzene rings is 3. The van der Waals surface area contributed by atoms with E-state index in [1.165, 1.54) is 26.4 Å². The van der Waals surface area contributed by atoms with Crippen LogP contribution < -0.4 is 4.90 Å². The fourth-order valence-electron chi connectivity index (χ4n) is 9.37. The molecule has 320 valence electrons. The normalized spacial score (nSPS) is 21.1. The van der Waals surface area contributed by atoms with Gasteiger partial charge in [0, 0.05) is 43.5 Å². The highest BCUT2D eigenvalue weighted by Crippen LogP contribution is 2.47. The molecule has 0 saturated carbocycles. The largest absolute Gasteiger partial charge is 0.469 e. The molecule has 3 aliphatic heterocycles. The third kappa shape index (κ3) is 10.1. The molecule has 3 saturated heterocycles. The van der Waals surface area contributed by atoms with Gasteiger partial charge >= 0.3 is 11.9 Å². The van der Waals surface area contributed by atoms with Gasteiger partial charge in [0.25, 0.3) is 0 Å². The Morgan fingerprint density at radius 1 is 0.600 bits per heavy atom. The van der Waals surface area contributed by atoms with E-state index >= 15 is 0 Å². The Labute approximate surface area is 352 Å². The number of ketones is 2. The van der Waals surface area contributed by atoms with Crippen LogP contribution in [0.3, 0.4) is 0 Å². The Morgan fingerprint density at radius 3 is 1.37 bits per heavy atom. The van der Waals surface area contributed by atoms with Gasteiger partial charge in [0.05, 0.1) is 51.2 Å². The highest BCUT2D eigenvalue weighted by atomic mass is 19.1. The SMILES string of the molecule is CC[C@H](CC(=O)OC)C(=O)N1CCC[C@H]1C(=O)Cc1ccc([C@H]2CC[C@H](c3ccc(CC(=O)[C@@H]4CCCN4C(=O)[C@H](CC)CC(=O)OC)cc3)N2c2ccc(F)cc2)cc1. The molecule has 0 aromatic heterocycles. The fourth-order valence-corrected chi connectivity index (χ4v) is 9.37. The van der Waals surface area contributed by atoms with Crippen LogP contribution in [0.15, 0.2) is 72.8 Å². The average Bonchev–Trinajstić information content (AvgIpc) is 4.06. The molecule has 6 rings (SSSR count). The van der Waals surface area contributed by atoms with Crippen LogP contribution in [0.1, 0.15) is 112 Å². The van der Waals surface area contributed by atoms with Crippen LogP contribution in [0, 0.1) is 17.7 Å². The summed E-state index contributed by atoms with van der Waals surface area (Å²) in [5.74, 6) is -2.59. The van der Waals surface area contributed by atoms with Crippen molar-refractivity contribution in [3.63, 3.8) is 0 Å². The van der Waals surface area contributed by atoms with Gasteiger partial charge in [-0.05, 0) is 97.9 Å². The number of hydrogen-bond donors (Lipinski definition) is 0. The van der Waals surface area contributed by atoms with Gasteiger partial charge in [-0.3, -0.25) is 28.8 Å². The number of carbonyl (C=O) groups excluding carboxylic acids is 6. The standard InChI is InChI=1S/C48H58FN3O8/c1-5-33(29-45(55)59-3)47(57)50-25-7-9-41(50)43(53)27-31-11-15-35(16-12-31)39-23-24-40(52(39)38-21-19-37(49)20-22-38)36-17-13-32(14-18-36)28-44(54)42-10-8-26-51(42)48(58)34(6-2)30-46(56)60-4/h11-22,33-34,39-42H,5-10,23-30H2,1-4H3/t33-,34-,39-,40-,41+,42+/m1/s1. The monoisotopic (exact) mass is 823 g/mol. The maximum absolute atomic E-state index is 14.2. The van der Waals surface area contributed by atoms with Gasteiger partial charge in [-0.25, -0.2) is 4.39 Å². The van der Waals surface area contributed by atoms with E-state index in [0.717, 1.165) is 53.6 Å². The lowest BCUT2D eigenvalue weighted by atomic mass is 9.96. The van der Waals surface area contributed by atoms with E-state index in [-0.39, 0.29) is 67.0 Å². The highest BCUT2D eigenvalue weighted by Gasteiger charge is 2.39. The molecular weight excluding hydrogens is 766 g/mol. The number of nitrogens with zero attached hydrogens (tertiary/aromatic N) is 3.